The second-order valence-electron chi connectivity index (χ2n) is 9.49. The first-order chi connectivity index (χ1) is 16.6. The number of rotatable bonds is 6. The molecular weight excluding hydrogens is 579 g/mol. The van der Waals surface area contributed by atoms with Gasteiger partial charge in [0.1, 0.15) is 8.07 Å². The van der Waals surface area contributed by atoms with Crippen molar-refractivity contribution in [1.29, 1.82) is 0 Å². The van der Waals surface area contributed by atoms with Crippen molar-refractivity contribution in [2.45, 2.75) is 27.2 Å². The summed E-state index contributed by atoms with van der Waals surface area (Å²) in [4.78, 5) is 0. The minimum Gasteiger partial charge on any atom is -1.00 e. The molecule has 0 aromatic heterocycles. The quantitative estimate of drug-likeness (QED) is 0.106. The molecule has 0 heterocycles. The Morgan fingerprint density at radius 2 is 0.974 bits per heavy atom. The molecule has 0 N–H and O–H groups in total. The summed E-state index contributed by atoms with van der Waals surface area (Å²) in [5.41, 5.74) is 6.72. The average molecular weight is 610 g/mol. The molecule has 0 amide bonds. The third kappa shape index (κ3) is 6.77. The Bertz CT molecular complexity index is 1320. The fraction of sp³-hybridized carbons (Fsp3) is 0.121. The van der Waals surface area contributed by atoms with Gasteiger partial charge in [0.05, 0.1) is 0 Å². The first-order valence-corrected chi connectivity index (χ1v) is 14.1. The van der Waals surface area contributed by atoms with E-state index in [-0.39, 0.29) is 58.9 Å². The molecule has 5 aromatic carbocycles. The van der Waals surface area contributed by atoms with Crippen LogP contribution in [0.15, 0.2) is 121 Å². The molecule has 0 saturated heterocycles. The largest absolute Gasteiger partial charge is 4.00 e. The second-order valence-corrected chi connectivity index (χ2v) is 13.3. The smallest absolute Gasteiger partial charge is 1.00 e. The molecule has 5 heteroatoms. The maximum atomic E-state index is 2.43. The van der Waals surface area contributed by atoms with Crippen molar-refractivity contribution in [3.05, 3.63) is 149 Å². The first kappa shape index (κ1) is 34.1. The molecule has 0 aliphatic rings. The molecule has 0 bridgehead atoms. The molecule has 5 rings (SSSR count). The normalized spacial score (nSPS) is 10.3. The fourth-order valence-electron chi connectivity index (χ4n) is 5.39. The van der Waals surface area contributed by atoms with Crippen LogP contribution in [-0.4, -0.2) is 8.07 Å². The molecular formula is C33H31Cl3SiTi. The zero-order valence-corrected chi connectivity index (χ0v) is 26.7. The summed E-state index contributed by atoms with van der Waals surface area (Å²) in [5.74, 6) is 0. The second kappa shape index (κ2) is 15.0. The van der Waals surface area contributed by atoms with Gasteiger partial charge >= 0.3 is 21.7 Å². The van der Waals surface area contributed by atoms with Crippen molar-refractivity contribution >= 4 is 28.8 Å². The summed E-state index contributed by atoms with van der Waals surface area (Å²) in [7, 11) is -2.54. The van der Waals surface area contributed by atoms with Crippen molar-refractivity contribution in [1.82, 2.24) is 0 Å². The van der Waals surface area contributed by atoms with Gasteiger partial charge in [-0.05, 0) is 32.8 Å². The minimum atomic E-state index is -2.54. The van der Waals surface area contributed by atoms with Gasteiger partial charge in [0.2, 0.25) is 0 Å². The van der Waals surface area contributed by atoms with Gasteiger partial charge in [-0.15, -0.1) is 5.19 Å². The van der Waals surface area contributed by atoms with Crippen molar-refractivity contribution in [3.63, 3.8) is 0 Å². The van der Waals surface area contributed by atoms with Gasteiger partial charge in [0, 0.05) is 0 Å². The number of benzene rings is 4. The Labute approximate surface area is 262 Å². The molecule has 0 radical (unpaired) electrons. The van der Waals surface area contributed by atoms with Crippen LogP contribution in [0.3, 0.4) is 0 Å². The molecule has 0 aliphatic carbocycles. The van der Waals surface area contributed by atoms with Crippen molar-refractivity contribution < 1.29 is 58.9 Å². The molecule has 0 aliphatic heterocycles. The molecule has 0 saturated carbocycles. The molecule has 0 fully saturated rings. The van der Waals surface area contributed by atoms with E-state index in [1.807, 2.05) is 0 Å². The summed E-state index contributed by atoms with van der Waals surface area (Å²) in [6.45, 7) is 6.64. The number of halogens is 3. The minimum absolute atomic E-state index is 0. The van der Waals surface area contributed by atoms with E-state index in [1.54, 1.807) is 0 Å². The van der Waals surface area contributed by atoms with Crippen LogP contribution in [0.25, 0.3) is 0 Å². The summed E-state index contributed by atoms with van der Waals surface area (Å²) >= 11 is 0. The van der Waals surface area contributed by atoms with Gasteiger partial charge in [0.15, 0.2) is 0 Å². The van der Waals surface area contributed by atoms with Crippen LogP contribution < -0.4 is 58.0 Å². The molecule has 0 spiro atoms. The molecule has 0 atom stereocenters. The van der Waals surface area contributed by atoms with Gasteiger partial charge in [-0.1, -0.05) is 135 Å². The van der Waals surface area contributed by atoms with Crippen LogP contribution in [0.5, 0.6) is 0 Å². The van der Waals surface area contributed by atoms with E-state index in [2.05, 4.69) is 142 Å². The van der Waals surface area contributed by atoms with Gasteiger partial charge in [-0.25, -0.2) is 12.1 Å². The molecule has 5 aromatic rings. The Morgan fingerprint density at radius 3 is 1.39 bits per heavy atom. The van der Waals surface area contributed by atoms with E-state index in [4.69, 9.17) is 0 Å². The monoisotopic (exact) mass is 608 g/mol. The maximum Gasteiger partial charge on any atom is 4.00 e. The van der Waals surface area contributed by atoms with Crippen LogP contribution in [-0.2, 0) is 28.1 Å². The first-order valence-electron chi connectivity index (χ1n) is 12.1. The third-order valence-corrected chi connectivity index (χ3v) is 11.7. The van der Waals surface area contributed by atoms with E-state index < -0.39 is 8.07 Å². The van der Waals surface area contributed by atoms with E-state index in [0.717, 1.165) is 6.42 Å². The van der Waals surface area contributed by atoms with Crippen molar-refractivity contribution in [2.24, 2.45) is 0 Å². The van der Waals surface area contributed by atoms with Gasteiger partial charge in [-0.3, -0.25) is 0 Å². The van der Waals surface area contributed by atoms with Crippen LogP contribution in [0.4, 0.5) is 0 Å². The number of hydrogen-bond acceptors (Lipinski definition) is 0. The van der Waals surface area contributed by atoms with Crippen LogP contribution in [0.1, 0.15) is 27.8 Å². The van der Waals surface area contributed by atoms with E-state index in [1.165, 1.54) is 48.6 Å². The van der Waals surface area contributed by atoms with Gasteiger partial charge in [0.25, 0.3) is 0 Å². The van der Waals surface area contributed by atoms with E-state index in [0.29, 0.717) is 0 Å². The Kier molecular flexibility index (Phi) is 13.4. The molecule has 38 heavy (non-hydrogen) atoms. The standard InChI is InChI=1S/C33H31Si.3ClH.Ti/c1-25-11-7-17-30(21-25)34(31-18-8-12-26(2)22-31,32-19-9-13-27(3)23-32)33-20-10-16-29(33)24-28-14-5-4-6-15-28;;;;/h4-23H,24H2,1-3H3;3*1H;/q-1;;;;+4/p-3. The molecule has 192 valence electrons. The van der Waals surface area contributed by atoms with Crippen molar-refractivity contribution in [3.8, 4) is 0 Å². The zero-order valence-electron chi connectivity index (χ0n) is 21.9. The topological polar surface area (TPSA) is 0 Å². The zero-order chi connectivity index (χ0) is 23.5. The summed E-state index contributed by atoms with van der Waals surface area (Å²) in [6, 6.07) is 45.6. The predicted molar refractivity (Wildman–Crippen MR) is 149 cm³/mol. The summed E-state index contributed by atoms with van der Waals surface area (Å²) in [5, 5.41) is 5.84. The van der Waals surface area contributed by atoms with E-state index >= 15 is 0 Å². The Hall–Kier alpha value is -1.97. The van der Waals surface area contributed by atoms with Gasteiger partial charge < -0.3 is 37.2 Å². The van der Waals surface area contributed by atoms with Crippen LogP contribution >= 0.6 is 0 Å². The van der Waals surface area contributed by atoms with E-state index in [9.17, 15) is 0 Å². The predicted octanol–water partition coefficient (Wildman–Crippen LogP) is -3.69. The SMILES string of the molecule is Cc1cccc([Si](c2cccc(C)c2)(c2cccc(C)c2)[c-]2cccc2Cc2ccccc2)c1.[Cl-].[Cl-].[Cl-].[Ti+4]. The third-order valence-electron chi connectivity index (χ3n) is 6.90. The Morgan fingerprint density at radius 1 is 0.526 bits per heavy atom. The van der Waals surface area contributed by atoms with Gasteiger partial charge in [-0.2, -0.15) is 11.6 Å². The molecule has 0 unspecified atom stereocenters. The fourth-order valence-corrected chi connectivity index (χ4v) is 10.7. The average Bonchev–Trinajstić information content (AvgIpc) is 3.29. The molecule has 0 nitrogen and oxygen atoms in total. The summed E-state index contributed by atoms with van der Waals surface area (Å²) in [6.07, 6.45) is 0.946. The van der Waals surface area contributed by atoms with Crippen LogP contribution in [0, 0.1) is 20.8 Å². The number of hydrogen-bond donors (Lipinski definition) is 0. The maximum absolute atomic E-state index is 2.54. The Balaban J connectivity index is 0.00000180. The van der Waals surface area contributed by atoms with Crippen LogP contribution in [0.2, 0.25) is 0 Å². The summed E-state index contributed by atoms with van der Waals surface area (Å²) < 4.78 is 0. The van der Waals surface area contributed by atoms with Crippen molar-refractivity contribution in [2.75, 3.05) is 0 Å². The number of aryl methyl sites for hydroxylation is 3.